The number of rotatable bonds is 3. The fourth-order valence-corrected chi connectivity index (χ4v) is 3.16. The minimum absolute atomic E-state index is 0.114. The Labute approximate surface area is 144 Å². The highest BCUT2D eigenvalue weighted by Crippen LogP contribution is 2.38. The average Bonchev–Trinajstić information content (AvgIpc) is 3.04. The Hall–Kier alpha value is -3.15. The Kier molecular flexibility index (Phi) is 3.72. The number of carbonyl (C=O) groups is 1. The first kappa shape index (κ1) is 15.4. The van der Waals surface area contributed by atoms with Crippen molar-refractivity contribution in [2.75, 3.05) is 12.4 Å². The first-order chi connectivity index (χ1) is 12.2. The number of aromatic nitrogens is 2. The van der Waals surface area contributed by atoms with E-state index in [9.17, 15) is 9.18 Å². The minimum atomic E-state index is -0.312. The topological polar surface area (TPSA) is 56.1 Å². The summed E-state index contributed by atoms with van der Waals surface area (Å²) in [5, 5.41) is 7.31. The lowest BCUT2D eigenvalue weighted by atomic mass is 9.87. The van der Waals surface area contributed by atoms with Crippen LogP contribution < -0.4 is 10.1 Å². The summed E-state index contributed by atoms with van der Waals surface area (Å²) in [6.07, 6.45) is 2.00. The third-order valence-corrected chi connectivity index (χ3v) is 4.39. The Balaban J connectivity index is 1.78. The van der Waals surface area contributed by atoms with Gasteiger partial charge in [-0.25, -0.2) is 9.07 Å². The molecule has 0 radical (unpaired) electrons. The standard InChI is InChI=1S/C19H16FN3O2/c1-25-15-7-5-14(6-8-15)23-19-17(11-21-23)16(10-18(24)22-19)12-3-2-4-13(20)9-12/h2-9,11,16H,10H2,1H3,(H,22,24). The van der Waals surface area contributed by atoms with Crippen molar-refractivity contribution in [2.24, 2.45) is 0 Å². The number of fused-ring (bicyclic) bond motifs is 1. The lowest BCUT2D eigenvalue weighted by Gasteiger charge is -2.23. The van der Waals surface area contributed by atoms with Crippen molar-refractivity contribution in [3.8, 4) is 11.4 Å². The highest BCUT2D eigenvalue weighted by Gasteiger charge is 2.30. The van der Waals surface area contributed by atoms with E-state index in [-0.39, 0.29) is 24.1 Å². The maximum Gasteiger partial charge on any atom is 0.226 e. The van der Waals surface area contributed by atoms with Gasteiger partial charge in [-0.2, -0.15) is 5.10 Å². The van der Waals surface area contributed by atoms with Crippen LogP contribution in [0.25, 0.3) is 5.69 Å². The number of ether oxygens (including phenoxy) is 1. The van der Waals surface area contributed by atoms with E-state index >= 15 is 0 Å². The van der Waals surface area contributed by atoms with Crippen LogP contribution in [0, 0.1) is 5.82 Å². The zero-order valence-corrected chi connectivity index (χ0v) is 13.6. The van der Waals surface area contributed by atoms with Gasteiger partial charge in [-0.15, -0.1) is 0 Å². The van der Waals surface area contributed by atoms with Crippen molar-refractivity contribution in [1.29, 1.82) is 0 Å². The van der Waals surface area contributed by atoms with E-state index in [0.717, 1.165) is 22.6 Å². The molecule has 126 valence electrons. The van der Waals surface area contributed by atoms with Crippen molar-refractivity contribution in [3.05, 3.63) is 71.7 Å². The first-order valence-electron chi connectivity index (χ1n) is 7.93. The number of nitrogens with zero attached hydrogens (tertiary/aromatic N) is 2. The van der Waals surface area contributed by atoms with Gasteiger partial charge in [0, 0.05) is 17.9 Å². The molecule has 0 spiro atoms. The summed E-state index contributed by atoms with van der Waals surface area (Å²) >= 11 is 0. The molecule has 5 nitrogen and oxygen atoms in total. The third-order valence-electron chi connectivity index (χ3n) is 4.39. The van der Waals surface area contributed by atoms with Crippen molar-refractivity contribution >= 4 is 11.7 Å². The highest BCUT2D eigenvalue weighted by molar-refractivity contribution is 5.94. The van der Waals surface area contributed by atoms with E-state index in [1.54, 1.807) is 24.1 Å². The lowest BCUT2D eigenvalue weighted by molar-refractivity contribution is -0.116. The second-order valence-electron chi connectivity index (χ2n) is 5.92. The van der Waals surface area contributed by atoms with Crippen molar-refractivity contribution in [1.82, 2.24) is 9.78 Å². The molecule has 1 aliphatic heterocycles. The highest BCUT2D eigenvalue weighted by atomic mass is 19.1. The van der Waals surface area contributed by atoms with Gasteiger partial charge in [0.2, 0.25) is 5.91 Å². The molecule has 1 aliphatic rings. The number of anilines is 1. The Bertz CT molecular complexity index is 934. The molecule has 1 atom stereocenters. The predicted octanol–water partition coefficient (Wildman–Crippen LogP) is 3.49. The average molecular weight is 337 g/mol. The number of carbonyl (C=O) groups excluding carboxylic acids is 1. The van der Waals surface area contributed by atoms with Gasteiger partial charge in [0.15, 0.2) is 0 Å². The van der Waals surface area contributed by atoms with Crippen LogP contribution in [0.15, 0.2) is 54.7 Å². The molecule has 4 rings (SSSR count). The van der Waals surface area contributed by atoms with Crippen LogP contribution in [0.4, 0.5) is 10.2 Å². The van der Waals surface area contributed by atoms with Gasteiger partial charge in [0.1, 0.15) is 17.4 Å². The molecule has 1 N–H and O–H groups in total. The molecule has 3 aromatic rings. The molecule has 6 heteroatoms. The fourth-order valence-electron chi connectivity index (χ4n) is 3.16. The number of benzene rings is 2. The lowest BCUT2D eigenvalue weighted by Crippen LogP contribution is -2.24. The molecule has 0 bridgehead atoms. The molecule has 1 amide bonds. The van der Waals surface area contributed by atoms with E-state index < -0.39 is 0 Å². The molecule has 2 aromatic carbocycles. The van der Waals surface area contributed by atoms with Crippen LogP contribution in [-0.4, -0.2) is 22.8 Å². The normalized spacial score (nSPS) is 16.2. The monoisotopic (exact) mass is 337 g/mol. The molecule has 1 aromatic heterocycles. The zero-order chi connectivity index (χ0) is 17.4. The number of methoxy groups -OCH3 is 1. The molecule has 0 fully saturated rings. The van der Waals surface area contributed by atoms with Crippen molar-refractivity contribution < 1.29 is 13.9 Å². The van der Waals surface area contributed by atoms with Gasteiger partial charge in [0.05, 0.1) is 19.0 Å². The molecule has 2 heterocycles. The van der Waals surface area contributed by atoms with Gasteiger partial charge in [-0.3, -0.25) is 4.79 Å². The van der Waals surface area contributed by atoms with Crippen molar-refractivity contribution in [2.45, 2.75) is 12.3 Å². The molecule has 0 aliphatic carbocycles. The van der Waals surface area contributed by atoms with Gasteiger partial charge in [-0.05, 0) is 42.0 Å². The number of hydrogen-bond acceptors (Lipinski definition) is 3. The molecule has 0 saturated carbocycles. The summed E-state index contributed by atoms with van der Waals surface area (Å²) in [5.74, 6) is 0.721. The second kappa shape index (κ2) is 6.05. The SMILES string of the molecule is COc1ccc(-n2ncc3c2NC(=O)CC3c2cccc(F)c2)cc1. The van der Waals surface area contributed by atoms with E-state index in [0.29, 0.717) is 5.82 Å². The third kappa shape index (κ3) is 2.76. The van der Waals surface area contributed by atoms with Crippen LogP contribution >= 0.6 is 0 Å². The zero-order valence-electron chi connectivity index (χ0n) is 13.6. The molecular weight excluding hydrogens is 321 g/mol. The number of nitrogens with one attached hydrogen (secondary N) is 1. The van der Waals surface area contributed by atoms with E-state index in [4.69, 9.17) is 4.74 Å². The van der Waals surface area contributed by atoms with E-state index in [1.807, 2.05) is 30.3 Å². The van der Waals surface area contributed by atoms with Crippen LogP contribution in [0.1, 0.15) is 23.5 Å². The second-order valence-corrected chi connectivity index (χ2v) is 5.92. The fraction of sp³-hybridized carbons (Fsp3) is 0.158. The van der Waals surface area contributed by atoms with E-state index in [1.165, 1.54) is 12.1 Å². The number of halogens is 1. The number of amides is 1. The quantitative estimate of drug-likeness (QED) is 0.796. The smallest absolute Gasteiger partial charge is 0.226 e. The molecule has 1 unspecified atom stereocenters. The molecular formula is C19H16FN3O2. The predicted molar refractivity (Wildman–Crippen MR) is 91.6 cm³/mol. The summed E-state index contributed by atoms with van der Waals surface area (Å²) < 4.78 is 20.4. The number of hydrogen-bond donors (Lipinski definition) is 1. The first-order valence-corrected chi connectivity index (χ1v) is 7.93. The van der Waals surface area contributed by atoms with Crippen LogP contribution in [-0.2, 0) is 4.79 Å². The van der Waals surface area contributed by atoms with Crippen LogP contribution in [0.2, 0.25) is 0 Å². The summed E-state index contributed by atoms with van der Waals surface area (Å²) in [4.78, 5) is 12.2. The maximum atomic E-state index is 13.6. The van der Waals surface area contributed by atoms with E-state index in [2.05, 4.69) is 10.4 Å². The Morgan fingerprint density at radius 1 is 1.24 bits per heavy atom. The Morgan fingerprint density at radius 2 is 2.04 bits per heavy atom. The molecule has 25 heavy (non-hydrogen) atoms. The van der Waals surface area contributed by atoms with Gasteiger partial charge in [-0.1, -0.05) is 12.1 Å². The maximum absolute atomic E-state index is 13.6. The van der Waals surface area contributed by atoms with Gasteiger partial charge < -0.3 is 10.1 Å². The summed E-state index contributed by atoms with van der Waals surface area (Å²) in [6, 6.07) is 13.8. The van der Waals surface area contributed by atoms with Crippen LogP contribution in [0.5, 0.6) is 5.75 Å². The van der Waals surface area contributed by atoms with Crippen molar-refractivity contribution in [3.63, 3.8) is 0 Å². The summed E-state index contributed by atoms with van der Waals surface area (Å²) in [7, 11) is 1.61. The molecule has 0 saturated heterocycles. The summed E-state index contributed by atoms with van der Waals surface area (Å²) in [6.45, 7) is 0. The van der Waals surface area contributed by atoms with Gasteiger partial charge >= 0.3 is 0 Å². The summed E-state index contributed by atoms with van der Waals surface area (Å²) in [5.41, 5.74) is 2.45. The van der Waals surface area contributed by atoms with Gasteiger partial charge in [0.25, 0.3) is 0 Å². The minimum Gasteiger partial charge on any atom is -0.497 e. The Morgan fingerprint density at radius 3 is 2.76 bits per heavy atom. The largest absolute Gasteiger partial charge is 0.497 e. The van der Waals surface area contributed by atoms with Crippen LogP contribution in [0.3, 0.4) is 0 Å².